The Morgan fingerprint density at radius 1 is 1.52 bits per heavy atom. The van der Waals surface area contributed by atoms with Crippen molar-refractivity contribution in [1.29, 1.82) is 5.26 Å². The lowest BCUT2D eigenvalue weighted by molar-refractivity contribution is -0.122. The van der Waals surface area contributed by atoms with Gasteiger partial charge in [-0.15, -0.1) is 11.3 Å². The zero-order chi connectivity index (χ0) is 17.0. The molecule has 8 heteroatoms. The average molecular weight is 353 g/mol. The summed E-state index contributed by atoms with van der Waals surface area (Å²) in [5.74, 6) is -3.67. The maximum Gasteiger partial charge on any atom is 0.343 e. The topological polar surface area (TPSA) is 80.0 Å². The molecule has 0 N–H and O–H groups in total. The zero-order valence-electron chi connectivity index (χ0n) is 11.9. The molecule has 2 aromatic rings. The highest BCUT2D eigenvalue weighted by molar-refractivity contribution is 7.09. The molecule has 0 aliphatic rings. The molecule has 0 amide bonds. The van der Waals surface area contributed by atoms with E-state index in [1.54, 1.807) is 12.3 Å². The molecule has 0 saturated heterocycles. The molecule has 1 heterocycles. The van der Waals surface area contributed by atoms with Crippen molar-refractivity contribution in [2.75, 3.05) is 6.61 Å². The number of esters is 1. The van der Waals surface area contributed by atoms with Gasteiger partial charge in [-0.3, -0.25) is 4.79 Å². The molecule has 1 aromatic carbocycles. The monoisotopic (exact) mass is 352 g/mol. The molecule has 2 rings (SSSR count). The van der Waals surface area contributed by atoms with Gasteiger partial charge in [0.15, 0.2) is 18.3 Å². The van der Waals surface area contributed by atoms with E-state index in [9.17, 15) is 14.0 Å². The summed E-state index contributed by atoms with van der Waals surface area (Å²) in [6.07, 6.45) is 0. The minimum Gasteiger partial charge on any atom is -0.454 e. The van der Waals surface area contributed by atoms with Crippen molar-refractivity contribution in [2.45, 2.75) is 12.8 Å². The second-order valence-corrected chi connectivity index (χ2v) is 5.83. The second kappa shape index (κ2) is 7.31. The van der Waals surface area contributed by atoms with Crippen molar-refractivity contribution in [2.24, 2.45) is 0 Å². The summed E-state index contributed by atoms with van der Waals surface area (Å²) in [7, 11) is 0. The number of nitrogens with zero attached hydrogens (tertiary/aromatic N) is 2. The predicted octanol–water partition coefficient (Wildman–Crippen LogP) is 3.28. The van der Waals surface area contributed by atoms with Crippen molar-refractivity contribution in [3.8, 4) is 6.07 Å². The zero-order valence-corrected chi connectivity index (χ0v) is 13.4. The summed E-state index contributed by atoms with van der Waals surface area (Å²) in [5, 5.41) is 11.0. The van der Waals surface area contributed by atoms with Gasteiger partial charge in [-0.2, -0.15) is 5.26 Å². The number of carbonyl (C=O) groups is 2. The second-order valence-electron chi connectivity index (χ2n) is 4.53. The van der Waals surface area contributed by atoms with Crippen molar-refractivity contribution in [3.63, 3.8) is 0 Å². The molecule has 5 nitrogen and oxygen atoms in total. The maximum atomic E-state index is 13.6. The number of carbonyl (C=O) groups excluding carboxylic acids is 2. The first-order valence-electron chi connectivity index (χ1n) is 6.39. The number of Topliss-reactive ketones (excluding diaryl/α,β-unsaturated/α-hetero) is 1. The largest absolute Gasteiger partial charge is 0.454 e. The number of ketones is 1. The van der Waals surface area contributed by atoms with Crippen LogP contribution in [0.3, 0.4) is 0 Å². The van der Waals surface area contributed by atoms with Crippen LogP contribution in [0.25, 0.3) is 0 Å². The minimum absolute atomic E-state index is 0.116. The predicted molar refractivity (Wildman–Crippen MR) is 81.9 cm³/mol. The first kappa shape index (κ1) is 17.1. The van der Waals surface area contributed by atoms with Crippen LogP contribution in [0.1, 0.15) is 27.0 Å². The lowest BCUT2D eigenvalue weighted by atomic mass is 10.1. The molecular formula is C15H10ClFN2O3S. The van der Waals surface area contributed by atoms with Crippen molar-refractivity contribution >= 4 is 34.7 Å². The van der Waals surface area contributed by atoms with Crippen LogP contribution in [0.4, 0.5) is 4.39 Å². The Morgan fingerprint density at radius 2 is 2.26 bits per heavy atom. The van der Waals surface area contributed by atoms with E-state index in [1.165, 1.54) is 23.5 Å². The van der Waals surface area contributed by atoms with Gasteiger partial charge in [-0.1, -0.05) is 17.7 Å². The van der Waals surface area contributed by atoms with Crippen molar-refractivity contribution in [1.82, 2.24) is 4.98 Å². The van der Waals surface area contributed by atoms with E-state index in [1.807, 2.05) is 6.07 Å². The van der Waals surface area contributed by atoms with Gasteiger partial charge in [0.05, 0.1) is 11.1 Å². The van der Waals surface area contributed by atoms with Gasteiger partial charge in [0.2, 0.25) is 0 Å². The van der Waals surface area contributed by atoms with Crippen LogP contribution in [0, 0.1) is 24.1 Å². The van der Waals surface area contributed by atoms with E-state index in [0.717, 1.165) is 6.07 Å². The van der Waals surface area contributed by atoms with Gasteiger partial charge in [0, 0.05) is 11.1 Å². The fourth-order valence-electron chi connectivity index (χ4n) is 1.75. The number of aromatic nitrogens is 1. The summed E-state index contributed by atoms with van der Waals surface area (Å²) in [6, 6.07) is 5.56. The third-order valence-corrected chi connectivity index (χ3v) is 4.19. The van der Waals surface area contributed by atoms with Crippen LogP contribution in [0.15, 0.2) is 23.6 Å². The van der Waals surface area contributed by atoms with Gasteiger partial charge in [-0.25, -0.2) is 14.2 Å². The van der Waals surface area contributed by atoms with Gasteiger partial charge in [0.1, 0.15) is 16.4 Å². The molecular weight excluding hydrogens is 343 g/mol. The summed E-state index contributed by atoms with van der Waals surface area (Å²) >= 11 is 6.91. The summed E-state index contributed by atoms with van der Waals surface area (Å²) in [6.45, 7) is 1.07. The molecule has 0 radical (unpaired) electrons. The number of rotatable bonds is 5. The number of benzene rings is 1. The van der Waals surface area contributed by atoms with Crippen LogP contribution < -0.4 is 0 Å². The number of nitriles is 1. The van der Waals surface area contributed by atoms with Crippen LogP contribution >= 0.6 is 22.9 Å². The van der Waals surface area contributed by atoms with Crippen molar-refractivity contribution in [3.05, 3.63) is 50.7 Å². The Kier molecular flexibility index (Phi) is 5.42. The normalized spacial score (nSPS) is 11.6. The molecule has 0 fully saturated rings. The van der Waals surface area contributed by atoms with Gasteiger partial charge < -0.3 is 4.74 Å². The Balaban J connectivity index is 2.06. The highest BCUT2D eigenvalue weighted by atomic mass is 35.5. The van der Waals surface area contributed by atoms with E-state index < -0.39 is 35.7 Å². The molecule has 118 valence electrons. The highest BCUT2D eigenvalue weighted by Gasteiger charge is 2.25. The molecule has 0 saturated carbocycles. The number of thiazole rings is 1. The van der Waals surface area contributed by atoms with Crippen LogP contribution in [-0.2, 0) is 9.53 Å². The highest BCUT2D eigenvalue weighted by Crippen LogP contribution is 2.22. The van der Waals surface area contributed by atoms with Crippen LogP contribution in [-0.4, -0.2) is 23.3 Å². The molecule has 0 unspecified atom stereocenters. The quantitative estimate of drug-likeness (QED) is 0.771. The standard InChI is InChI=1S/C15H10ClFN2O3S/c1-8-7-23-14(19-8)9(5-18)12(20)6-22-15(21)13-10(16)3-2-4-11(13)17/h2-4,7,9H,6H2,1H3/t9-/m0/s1. The Hall–Kier alpha value is -2.30. The number of halogens is 2. The molecule has 23 heavy (non-hydrogen) atoms. The number of ether oxygens (including phenoxy) is 1. The summed E-state index contributed by atoms with van der Waals surface area (Å²) in [4.78, 5) is 27.9. The van der Waals surface area contributed by atoms with Crippen LogP contribution in [0.5, 0.6) is 0 Å². The molecule has 0 aliphatic carbocycles. The average Bonchev–Trinajstić information content (AvgIpc) is 2.92. The lowest BCUT2D eigenvalue weighted by Gasteiger charge is -2.08. The van der Waals surface area contributed by atoms with E-state index >= 15 is 0 Å². The summed E-state index contributed by atoms with van der Waals surface area (Å²) in [5.41, 5.74) is 0.244. The molecule has 0 aliphatic heterocycles. The number of hydrogen-bond donors (Lipinski definition) is 0. The van der Waals surface area contributed by atoms with Crippen LogP contribution in [0.2, 0.25) is 5.02 Å². The van der Waals surface area contributed by atoms with E-state index in [0.29, 0.717) is 10.7 Å². The van der Waals surface area contributed by atoms with Crippen molar-refractivity contribution < 1.29 is 18.7 Å². The fraction of sp³-hybridized carbons (Fsp3) is 0.200. The van der Waals surface area contributed by atoms with Gasteiger partial charge >= 0.3 is 5.97 Å². The third kappa shape index (κ3) is 3.92. The summed E-state index contributed by atoms with van der Waals surface area (Å²) < 4.78 is 18.4. The van der Waals surface area contributed by atoms with E-state index in [2.05, 4.69) is 4.98 Å². The Morgan fingerprint density at radius 3 is 2.83 bits per heavy atom. The molecule has 1 aromatic heterocycles. The first-order chi connectivity index (χ1) is 10.9. The fourth-order valence-corrected chi connectivity index (χ4v) is 2.86. The molecule has 1 atom stereocenters. The number of hydrogen-bond acceptors (Lipinski definition) is 6. The third-order valence-electron chi connectivity index (χ3n) is 2.85. The van der Waals surface area contributed by atoms with E-state index in [-0.39, 0.29) is 5.02 Å². The Bertz CT molecular complexity index is 780. The lowest BCUT2D eigenvalue weighted by Crippen LogP contribution is -2.20. The van der Waals surface area contributed by atoms with Gasteiger partial charge in [-0.05, 0) is 19.1 Å². The minimum atomic E-state index is -1.13. The maximum absolute atomic E-state index is 13.6. The first-order valence-corrected chi connectivity index (χ1v) is 7.65. The van der Waals surface area contributed by atoms with Gasteiger partial charge in [0.25, 0.3) is 0 Å². The molecule has 0 spiro atoms. The number of aryl methyl sites for hydroxylation is 1. The SMILES string of the molecule is Cc1csc([C@@H](C#N)C(=O)COC(=O)c2c(F)cccc2Cl)n1. The smallest absolute Gasteiger partial charge is 0.343 e. The molecule has 0 bridgehead atoms. The van der Waals surface area contributed by atoms with E-state index in [4.69, 9.17) is 21.6 Å². The Labute approximate surface area is 140 Å².